The molecule has 1 N–H and O–H groups in total. The molecule has 2 rings (SSSR count). The number of carbonyl (C=O) groups excluding carboxylic acids is 1. The van der Waals surface area contributed by atoms with Crippen molar-refractivity contribution in [2.24, 2.45) is 5.92 Å². The van der Waals surface area contributed by atoms with Gasteiger partial charge in [-0.3, -0.25) is 4.79 Å². The summed E-state index contributed by atoms with van der Waals surface area (Å²) >= 11 is 0. The maximum absolute atomic E-state index is 12.4. The molecule has 3 nitrogen and oxygen atoms in total. The molecule has 1 saturated heterocycles. The second-order valence-corrected chi connectivity index (χ2v) is 5.26. The highest BCUT2D eigenvalue weighted by molar-refractivity contribution is 5.94. The summed E-state index contributed by atoms with van der Waals surface area (Å²) < 4.78 is 0. The monoisotopic (exact) mass is 246 g/mol. The van der Waals surface area contributed by atoms with Gasteiger partial charge in [-0.15, -0.1) is 0 Å². The Morgan fingerprint density at radius 3 is 2.83 bits per heavy atom. The average molecular weight is 246 g/mol. The van der Waals surface area contributed by atoms with Crippen molar-refractivity contribution < 1.29 is 4.79 Å². The Kier molecular flexibility index (Phi) is 4.02. The highest BCUT2D eigenvalue weighted by Gasteiger charge is 2.26. The molecule has 3 heteroatoms. The van der Waals surface area contributed by atoms with Gasteiger partial charge in [-0.25, -0.2) is 0 Å². The number of rotatable bonds is 3. The highest BCUT2D eigenvalue weighted by atomic mass is 16.2. The first-order valence-corrected chi connectivity index (χ1v) is 6.63. The van der Waals surface area contributed by atoms with Crippen LogP contribution in [0.1, 0.15) is 27.9 Å². The third kappa shape index (κ3) is 2.72. The number of carbonyl (C=O) groups is 1. The van der Waals surface area contributed by atoms with Crippen molar-refractivity contribution in [2.75, 3.05) is 26.7 Å². The van der Waals surface area contributed by atoms with E-state index in [1.165, 1.54) is 11.1 Å². The van der Waals surface area contributed by atoms with E-state index in [-0.39, 0.29) is 5.91 Å². The number of amides is 1. The van der Waals surface area contributed by atoms with Gasteiger partial charge in [0.05, 0.1) is 0 Å². The molecule has 98 valence electrons. The summed E-state index contributed by atoms with van der Waals surface area (Å²) in [5.74, 6) is 0.780. The molecule has 0 saturated carbocycles. The van der Waals surface area contributed by atoms with Gasteiger partial charge in [0.25, 0.3) is 5.91 Å². The van der Waals surface area contributed by atoms with Gasteiger partial charge < -0.3 is 10.2 Å². The molecule has 1 amide bonds. The number of aryl methyl sites for hydroxylation is 2. The van der Waals surface area contributed by atoms with Crippen LogP contribution in [0, 0.1) is 19.8 Å². The van der Waals surface area contributed by atoms with Crippen LogP contribution in [0.4, 0.5) is 0 Å². The molecule has 0 bridgehead atoms. The second kappa shape index (κ2) is 5.53. The summed E-state index contributed by atoms with van der Waals surface area (Å²) in [4.78, 5) is 14.3. The summed E-state index contributed by atoms with van der Waals surface area (Å²) in [7, 11) is 1.97. The highest BCUT2D eigenvalue weighted by Crippen LogP contribution is 2.19. The minimum absolute atomic E-state index is 0.178. The molecule has 0 aromatic heterocycles. The molecule has 1 aliphatic rings. The van der Waals surface area contributed by atoms with E-state index < -0.39 is 0 Å². The van der Waals surface area contributed by atoms with Gasteiger partial charge >= 0.3 is 0 Å². The Labute approximate surface area is 109 Å². The van der Waals surface area contributed by atoms with E-state index in [9.17, 15) is 4.79 Å². The lowest BCUT2D eigenvalue weighted by Crippen LogP contribution is -2.30. The molecular formula is C15H22N2O. The molecule has 0 aliphatic carbocycles. The normalized spacial score (nSPS) is 19.3. The van der Waals surface area contributed by atoms with Gasteiger partial charge in [0.15, 0.2) is 0 Å². The topological polar surface area (TPSA) is 32.3 Å². The average Bonchev–Trinajstić information content (AvgIpc) is 2.81. The minimum atomic E-state index is 0.178. The van der Waals surface area contributed by atoms with Gasteiger partial charge in [-0.2, -0.15) is 0 Å². The smallest absolute Gasteiger partial charge is 0.253 e. The summed E-state index contributed by atoms with van der Waals surface area (Å²) in [6, 6.07) is 5.98. The van der Waals surface area contributed by atoms with Crippen molar-refractivity contribution >= 4 is 5.91 Å². The largest absolute Gasteiger partial charge is 0.338 e. The molecule has 18 heavy (non-hydrogen) atoms. The lowest BCUT2D eigenvalue weighted by atomic mass is 10.1. The molecule has 0 spiro atoms. The van der Waals surface area contributed by atoms with Gasteiger partial charge in [-0.1, -0.05) is 6.07 Å². The van der Waals surface area contributed by atoms with E-state index in [4.69, 9.17) is 0 Å². The minimum Gasteiger partial charge on any atom is -0.338 e. The Morgan fingerprint density at radius 2 is 2.17 bits per heavy atom. The first-order chi connectivity index (χ1) is 8.61. The van der Waals surface area contributed by atoms with Crippen LogP contribution in [0.3, 0.4) is 0 Å². The molecule has 0 radical (unpaired) electrons. The van der Waals surface area contributed by atoms with Crippen molar-refractivity contribution in [1.29, 1.82) is 0 Å². The quantitative estimate of drug-likeness (QED) is 0.884. The van der Waals surface area contributed by atoms with Gasteiger partial charge in [0.2, 0.25) is 0 Å². The number of hydrogen-bond acceptors (Lipinski definition) is 2. The molecule has 1 fully saturated rings. The molecule has 0 unspecified atom stereocenters. The third-order valence-corrected chi connectivity index (χ3v) is 3.82. The predicted molar refractivity (Wildman–Crippen MR) is 73.9 cm³/mol. The van der Waals surface area contributed by atoms with Crippen LogP contribution in [0.15, 0.2) is 18.2 Å². The van der Waals surface area contributed by atoms with E-state index >= 15 is 0 Å². The van der Waals surface area contributed by atoms with Crippen LogP contribution in [0.2, 0.25) is 0 Å². The van der Waals surface area contributed by atoms with Crippen molar-refractivity contribution in [2.45, 2.75) is 20.3 Å². The first kappa shape index (κ1) is 13.1. The van der Waals surface area contributed by atoms with E-state index in [1.807, 2.05) is 30.1 Å². The van der Waals surface area contributed by atoms with E-state index in [0.717, 1.165) is 31.6 Å². The maximum atomic E-state index is 12.4. The van der Waals surface area contributed by atoms with Gasteiger partial charge in [0, 0.05) is 18.7 Å². The first-order valence-electron chi connectivity index (χ1n) is 6.63. The summed E-state index contributed by atoms with van der Waals surface area (Å²) in [5, 5.41) is 3.19. The molecule has 1 heterocycles. The fourth-order valence-electron chi connectivity index (χ4n) is 2.53. The Bertz CT molecular complexity index is 442. The molecular weight excluding hydrogens is 224 g/mol. The van der Waals surface area contributed by atoms with Crippen molar-refractivity contribution in [1.82, 2.24) is 10.2 Å². The molecule has 1 aromatic rings. The fourth-order valence-corrected chi connectivity index (χ4v) is 2.53. The zero-order valence-corrected chi connectivity index (χ0v) is 11.5. The summed E-state index contributed by atoms with van der Waals surface area (Å²) in [5.41, 5.74) is 3.25. The van der Waals surface area contributed by atoms with Crippen LogP contribution in [-0.2, 0) is 0 Å². The number of benzene rings is 1. The second-order valence-electron chi connectivity index (χ2n) is 5.26. The Hall–Kier alpha value is -1.35. The van der Waals surface area contributed by atoms with Crippen LogP contribution in [-0.4, -0.2) is 37.5 Å². The van der Waals surface area contributed by atoms with Crippen molar-refractivity contribution in [3.05, 3.63) is 34.9 Å². The van der Waals surface area contributed by atoms with Crippen molar-refractivity contribution in [3.8, 4) is 0 Å². The Balaban J connectivity index is 2.05. The fraction of sp³-hybridized carbons (Fsp3) is 0.533. The van der Waals surface area contributed by atoms with Crippen LogP contribution >= 0.6 is 0 Å². The standard InChI is InChI=1S/C15H22N2O/c1-11-4-5-14(8-12(11)2)15(18)17-7-6-13(10-17)9-16-3/h4-5,8,13,16H,6-7,9-10H2,1-3H3/t13-/m0/s1. The molecule has 1 aliphatic heterocycles. The SMILES string of the molecule is CNC[C@@H]1CCN(C(=O)c2ccc(C)c(C)c2)C1. The molecule has 1 atom stereocenters. The summed E-state index contributed by atoms with van der Waals surface area (Å²) in [6.45, 7) is 6.89. The van der Waals surface area contributed by atoms with E-state index in [2.05, 4.69) is 19.2 Å². The Morgan fingerprint density at radius 1 is 1.39 bits per heavy atom. The van der Waals surface area contributed by atoms with Gasteiger partial charge in [-0.05, 0) is 63.0 Å². The van der Waals surface area contributed by atoms with Crippen LogP contribution in [0.25, 0.3) is 0 Å². The third-order valence-electron chi connectivity index (χ3n) is 3.82. The predicted octanol–water partition coefficient (Wildman–Crippen LogP) is 1.98. The number of hydrogen-bond donors (Lipinski definition) is 1. The van der Waals surface area contributed by atoms with Gasteiger partial charge in [0.1, 0.15) is 0 Å². The lowest BCUT2D eigenvalue weighted by molar-refractivity contribution is 0.0787. The van der Waals surface area contributed by atoms with Crippen molar-refractivity contribution in [3.63, 3.8) is 0 Å². The number of nitrogens with one attached hydrogen (secondary N) is 1. The zero-order chi connectivity index (χ0) is 13.1. The lowest BCUT2D eigenvalue weighted by Gasteiger charge is -2.17. The number of likely N-dealkylation sites (tertiary alicyclic amines) is 1. The van der Waals surface area contributed by atoms with E-state index in [0.29, 0.717) is 5.92 Å². The maximum Gasteiger partial charge on any atom is 0.253 e. The molecule has 1 aromatic carbocycles. The summed E-state index contributed by atoms with van der Waals surface area (Å²) in [6.07, 6.45) is 1.11. The van der Waals surface area contributed by atoms with E-state index in [1.54, 1.807) is 0 Å². The van der Waals surface area contributed by atoms with Crippen LogP contribution in [0.5, 0.6) is 0 Å². The zero-order valence-electron chi connectivity index (χ0n) is 11.5. The number of nitrogens with zero attached hydrogens (tertiary/aromatic N) is 1. The van der Waals surface area contributed by atoms with Crippen LogP contribution < -0.4 is 5.32 Å².